The summed E-state index contributed by atoms with van der Waals surface area (Å²) in [4.78, 5) is 38.2. The normalized spacial score (nSPS) is 15.3. The standard InChI is InChI=1S/C22H14N4O4S/c23-8-9-25-12-14(16-6-1-2-7-18(16)25)11-17-19(27)24-22(31)26(20(17)28)15-5-3-4-13(10-15)21(29)30/h1-7,10-12H,9H2,(H,29,30)(H,24,27,31). The molecular weight excluding hydrogens is 416 g/mol. The fourth-order valence-corrected chi connectivity index (χ4v) is 3.70. The van der Waals surface area contributed by atoms with E-state index in [1.54, 1.807) is 10.8 Å². The highest BCUT2D eigenvalue weighted by atomic mass is 32.1. The zero-order valence-electron chi connectivity index (χ0n) is 15.9. The van der Waals surface area contributed by atoms with Crippen LogP contribution in [-0.4, -0.2) is 32.6 Å². The van der Waals surface area contributed by atoms with Crippen LogP contribution in [0.15, 0.2) is 60.3 Å². The second-order valence-electron chi connectivity index (χ2n) is 6.70. The molecule has 4 rings (SSSR count). The van der Waals surface area contributed by atoms with Crippen LogP contribution in [0.5, 0.6) is 0 Å². The third-order valence-electron chi connectivity index (χ3n) is 4.81. The van der Waals surface area contributed by atoms with Gasteiger partial charge >= 0.3 is 5.97 Å². The zero-order chi connectivity index (χ0) is 22.1. The number of aromatic nitrogens is 1. The summed E-state index contributed by atoms with van der Waals surface area (Å²) in [5.41, 5.74) is 1.44. The summed E-state index contributed by atoms with van der Waals surface area (Å²) in [6.45, 7) is 0.113. The predicted octanol–water partition coefficient (Wildman–Crippen LogP) is 2.69. The third-order valence-corrected chi connectivity index (χ3v) is 5.10. The average Bonchev–Trinajstić information content (AvgIpc) is 3.09. The first-order valence-electron chi connectivity index (χ1n) is 9.10. The van der Waals surface area contributed by atoms with E-state index in [4.69, 9.17) is 17.5 Å². The number of nitrogens with zero attached hydrogens (tertiary/aromatic N) is 3. The van der Waals surface area contributed by atoms with Crippen LogP contribution in [0.1, 0.15) is 15.9 Å². The number of aromatic carboxylic acids is 1. The number of rotatable bonds is 4. The molecule has 1 aromatic heterocycles. The first-order valence-corrected chi connectivity index (χ1v) is 9.51. The van der Waals surface area contributed by atoms with Crippen LogP contribution in [0.25, 0.3) is 17.0 Å². The van der Waals surface area contributed by atoms with Gasteiger partial charge in [0, 0.05) is 22.7 Å². The fraction of sp³-hybridized carbons (Fsp3) is 0.0455. The third kappa shape index (κ3) is 3.56. The number of para-hydroxylation sites is 1. The number of carboxylic acid groups (broad SMARTS) is 1. The molecule has 1 saturated heterocycles. The van der Waals surface area contributed by atoms with Gasteiger partial charge in [0.2, 0.25) is 0 Å². The molecule has 1 aliphatic rings. The molecule has 0 atom stereocenters. The van der Waals surface area contributed by atoms with Crippen LogP contribution in [-0.2, 0) is 16.1 Å². The monoisotopic (exact) mass is 430 g/mol. The number of carbonyl (C=O) groups excluding carboxylic acids is 2. The molecule has 1 fully saturated rings. The highest BCUT2D eigenvalue weighted by Gasteiger charge is 2.35. The zero-order valence-corrected chi connectivity index (χ0v) is 16.7. The Kier molecular flexibility index (Phi) is 5.07. The van der Waals surface area contributed by atoms with Gasteiger partial charge in [-0.15, -0.1) is 0 Å². The Labute approximate surface area is 181 Å². The van der Waals surface area contributed by atoms with E-state index < -0.39 is 17.8 Å². The molecule has 0 bridgehead atoms. The number of anilines is 1. The van der Waals surface area contributed by atoms with Crippen molar-refractivity contribution in [3.05, 3.63) is 71.4 Å². The van der Waals surface area contributed by atoms with Crippen LogP contribution in [0, 0.1) is 11.3 Å². The van der Waals surface area contributed by atoms with E-state index in [1.165, 1.54) is 30.3 Å². The highest BCUT2D eigenvalue weighted by Crippen LogP contribution is 2.27. The molecule has 0 spiro atoms. The minimum atomic E-state index is -1.15. The van der Waals surface area contributed by atoms with Crippen LogP contribution in [0.3, 0.4) is 0 Å². The summed E-state index contributed by atoms with van der Waals surface area (Å²) in [7, 11) is 0. The fourth-order valence-electron chi connectivity index (χ4n) is 3.42. The molecule has 2 N–H and O–H groups in total. The van der Waals surface area contributed by atoms with Crippen LogP contribution >= 0.6 is 12.2 Å². The van der Waals surface area contributed by atoms with Gasteiger partial charge < -0.3 is 9.67 Å². The van der Waals surface area contributed by atoms with Crippen molar-refractivity contribution >= 4 is 57.8 Å². The van der Waals surface area contributed by atoms with Crippen molar-refractivity contribution in [3.63, 3.8) is 0 Å². The minimum Gasteiger partial charge on any atom is -0.478 e. The molecule has 31 heavy (non-hydrogen) atoms. The summed E-state index contributed by atoms with van der Waals surface area (Å²) >= 11 is 5.16. The van der Waals surface area contributed by atoms with E-state index in [2.05, 4.69) is 11.4 Å². The molecule has 0 aliphatic carbocycles. The number of carboxylic acids is 1. The maximum Gasteiger partial charge on any atom is 0.335 e. The summed E-state index contributed by atoms with van der Waals surface area (Å²) in [6.07, 6.45) is 3.15. The molecular formula is C22H14N4O4S. The molecule has 1 aliphatic heterocycles. The SMILES string of the molecule is N#CCn1cc(C=C2C(=O)NC(=S)N(c3cccc(C(=O)O)c3)C2=O)c2ccccc21. The molecule has 2 amide bonds. The van der Waals surface area contributed by atoms with E-state index in [0.717, 1.165) is 15.8 Å². The maximum absolute atomic E-state index is 13.2. The Bertz CT molecular complexity index is 1350. The van der Waals surface area contributed by atoms with Crippen molar-refractivity contribution in [2.75, 3.05) is 4.90 Å². The number of carbonyl (C=O) groups is 3. The largest absolute Gasteiger partial charge is 0.478 e. The number of thiocarbonyl (C=S) groups is 1. The first kappa shape index (κ1) is 20.0. The lowest BCUT2D eigenvalue weighted by molar-refractivity contribution is -0.122. The molecule has 0 radical (unpaired) electrons. The lowest BCUT2D eigenvalue weighted by Crippen LogP contribution is -2.54. The molecule has 2 heterocycles. The maximum atomic E-state index is 13.2. The topological polar surface area (TPSA) is 115 Å². The molecule has 8 nitrogen and oxygen atoms in total. The van der Waals surface area contributed by atoms with Gasteiger partial charge in [-0.25, -0.2) is 4.79 Å². The smallest absolute Gasteiger partial charge is 0.335 e. The van der Waals surface area contributed by atoms with Gasteiger partial charge in [0.25, 0.3) is 11.8 Å². The Balaban J connectivity index is 1.81. The molecule has 2 aromatic carbocycles. The lowest BCUT2D eigenvalue weighted by atomic mass is 10.1. The average molecular weight is 430 g/mol. The summed E-state index contributed by atoms with van der Waals surface area (Å²) in [5.74, 6) is -2.48. The van der Waals surface area contributed by atoms with Gasteiger partial charge in [-0.3, -0.25) is 19.8 Å². The second-order valence-corrected chi connectivity index (χ2v) is 7.09. The number of nitriles is 1. The molecule has 0 saturated carbocycles. The van der Waals surface area contributed by atoms with E-state index in [9.17, 15) is 19.5 Å². The Morgan fingerprint density at radius 3 is 2.71 bits per heavy atom. The molecule has 9 heteroatoms. The van der Waals surface area contributed by atoms with Gasteiger partial charge in [0.15, 0.2) is 5.11 Å². The number of hydrogen-bond acceptors (Lipinski definition) is 5. The van der Waals surface area contributed by atoms with Crippen LogP contribution in [0.4, 0.5) is 5.69 Å². The van der Waals surface area contributed by atoms with Crippen molar-refractivity contribution in [3.8, 4) is 6.07 Å². The van der Waals surface area contributed by atoms with Crippen molar-refractivity contribution < 1.29 is 19.5 Å². The first-order chi connectivity index (χ1) is 14.9. The van der Waals surface area contributed by atoms with Crippen molar-refractivity contribution in [1.82, 2.24) is 9.88 Å². The van der Waals surface area contributed by atoms with Crippen molar-refractivity contribution in [2.24, 2.45) is 0 Å². The van der Waals surface area contributed by atoms with Gasteiger partial charge in [0.1, 0.15) is 12.1 Å². The summed E-state index contributed by atoms with van der Waals surface area (Å²) in [6, 6.07) is 15.1. The summed E-state index contributed by atoms with van der Waals surface area (Å²) in [5, 5.41) is 21.4. The molecule has 0 unspecified atom stereocenters. The van der Waals surface area contributed by atoms with Gasteiger partial charge in [0.05, 0.1) is 17.3 Å². The van der Waals surface area contributed by atoms with Crippen LogP contribution in [0.2, 0.25) is 0 Å². The molecule has 152 valence electrons. The van der Waals surface area contributed by atoms with Crippen molar-refractivity contribution in [1.29, 1.82) is 5.26 Å². The van der Waals surface area contributed by atoms with Crippen LogP contribution < -0.4 is 10.2 Å². The van der Waals surface area contributed by atoms with E-state index in [1.807, 2.05) is 24.3 Å². The van der Waals surface area contributed by atoms with E-state index in [-0.39, 0.29) is 28.5 Å². The second kappa shape index (κ2) is 7.85. The Morgan fingerprint density at radius 1 is 1.19 bits per heavy atom. The summed E-state index contributed by atoms with van der Waals surface area (Å²) < 4.78 is 1.73. The number of nitrogens with one attached hydrogen (secondary N) is 1. The van der Waals surface area contributed by atoms with Gasteiger partial charge in [-0.1, -0.05) is 24.3 Å². The molecule has 3 aromatic rings. The minimum absolute atomic E-state index is 0.0184. The van der Waals surface area contributed by atoms with Gasteiger partial charge in [-0.05, 0) is 42.6 Å². The lowest BCUT2D eigenvalue weighted by Gasteiger charge is -2.29. The van der Waals surface area contributed by atoms with Crippen molar-refractivity contribution in [2.45, 2.75) is 6.54 Å². The number of hydrogen-bond donors (Lipinski definition) is 2. The quantitative estimate of drug-likeness (QED) is 0.374. The number of amides is 2. The van der Waals surface area contributed by atoms with E-state index in [0.29, 0.717) is 5.56 Å². The van der Waals surface area contributed by atoms with E-state index >= 15 is 0 Å². The highest BCUT2D eigenvalue weighted by molar-refractivity contribution is 7.80. The Hall–Kier alpha value is -4.29. The van der Waals surface area contributed by atoms with Gasteiger partial charge in [-0.2, -0.15) is 5.26 Å². The Morgan fingerprint density at radius 2 is 1.97 bits per heavy atom. The number of benzene rings is 2. The number of fused-ring (bicyclic) bond motifs is 1. The predicted molar refractivity (Wildman–Crippen MR) is 117 cm³/mol.